The van der Waals surface area contributed by atoms with Crippen LogP contribution in [0.25, 0.3) is 0 Å². The van der Waals surface area contributed by atoms with Crippen LogP contribution in [0.2, 0.25) is 10.0 Å². The fourth-order valence-corrected chi connectivity index (χ4v) is 4.72. The minimum atomic E-state index is -0.220. The fourth-order valence-electron chi connectivity index (χ4n) is 4.20. The average molecular weight is 336 g/mol. The van der Waals surface area contributed by atoms with E-state index < -0.39 is 0 Å². The molecule has 3 aliphatic carbocycles. The third-order valence-corrected chi connectivity index (χ3v) is 5.54. The second-order valence-corrected chi connectivity index (χ2v) is 7.21. The zero-order valence-corrected chi connectivity index (χ0v) is 13.3. The molecule has 0 N–H and O–H groups in total. The van der Waals surface area contributed by atoms with Gasteiger partial charge in [0.15, 0.2) is 0 Å². The van der Waals surface area contributed by atoms with Gasteiger partial charge in [-0.3, -0.25) is 9.59 Å². The van der Waals surface area contributed by atoms with Gasteiger partial charge >= 0.3 is 0 Å². The minimum absolute atomic E-state index is 0.102. The van der Waals surface area contributed by atoms with Crippen LogP contribution in [0.15, 0.2) is 30.4 Å². The highest BCUT2D eigenvalue weighted by atomic mass is 35.5. The normalized spacial score (nSPS) is 33.3. The van der Waals surface area contributed by atoms with Crippen molar-refractivity contribution in [1.29, 1.82) is 0 Å². The molecule has 4 aliphatic rings. The number of hydrogen-bond donors (Lipinski definition) is 0. The van der Waals surface area contributed by atoms with Gasteiger partial charge in [0.05, 0.1) is 17.5 Å². The predicted octanol–water partition coefficient (Wildman–Crippen LogP) is 4.09. The van der Waals surface area contributed by atoms with E-state index in [0.717, 1.165) is 19.3 Å². The summed E-state index contributed by atoms with van der Waals surface area (Å²) in [7, 11) is 0. The van der Waals surface area contributed by atoms with Crippen LogP contribution in [0.3, 0.4) is 0 Å². The van der Waals surface area contributed by atoms with Crippen LogP contribution in [0.1, 0.15) is 19.3 Å². The van der Waals surface area contributed by atoms with Gasteiger partial charge < -0.3 is 0 Å². The van der Waals surface area contributed by atoms with E-state index in [0.29, 0.717) is 15.7 Å². The maximum atomic E-state index is 12.9. The summed E-state index contributed by atoms with van der Waals surface area (Å²) in [4.78, 5) is 27.1. The smallest absolute Gasteiger partial charge is 0.238 e. The molecule has 1 heterocycles. The van der Waals surface area contributed by atoms with Crippen molar-refractivity contribution >= 4 is 40.7 Å². The van der Waals surface area contributed by atoms with E-state index in [1.54, 1.807) is 18.2 Å². The molecule has 1 saturated heterocycles. The number of halogens is 2. The first-order chi connectivity index (χ1) is 10.6. The monoisotopic (exact) mass is 335 g/mol. The Hall–Kier alpha value is -1.32. The van der Waals surface area contributed by atoms with Crippen molar-refractivity contribution in [2.75, 3.05) is 4.90 Å². The number of nitrogens with zero attached hydrogens (tertiary/aromatic N) is 1. The molecule has 22 heavy (non-hydrogen) atoms. The molecule has 1 aromatic rings. The Labute approximate surface area is 138 Å². The average Bonchev–Trinajstić information content (AvgIpc) is 2.66. The summed E-state index contributed by atoms with van der Waals surface area (Å²) in [5, 5.41) is 0.854. The molecule has 0 aromatic heterocycles. The summed E-state index contributed by atoms with van der Waals surface area (Å²) in [6.45, 7) is 0. The molecule has 114 valence electrons. The van der Waals surface area contributed by atoms with Crippen LogP contribution in [0, 0.1) is 23.7 Å². The van der Waals surface area contributed by atoms with Gasteiger partial charge in [0.2, 0.25) is 11.8 Å². The minimum Gasteiger partial charge on any atom is -0.274 e. The van der Waals surface area contributed by atoms with Crippen LogP contribution < -0.4 is 4.90 Å². The molecule has 3 nitrogen and oxygen atoms in total. The third-order valence-electron chi connectivity index (χ3n) is 5.11. The van der Waals surface area contributed by atoms with E-state index in [9.17, 15) is 9.59 Å². The van der Waals surface area contributed by atoms with Crippen molar-refractivity contribution < 1.29 is 9.59 Å². The van der Waals surface area contributed by atoms with E-state index >= 15 is 0 Å². The van der Waals surface area contributed by atoms with Crippen molar-refractivity contribution in [3.05, 3.63) is 40.4 Å². The van der Waals surface area contributed by atoms with Gasteiger partial charge in [0.25, 0.3) is 0 Å². The zero-order valence-electron chi connectivity index (χ0n) is 11.8. The van der Waals surface area contributed by atoms with E-state index in [1.807, 2.05) is 0 Å². The van der Waals surface area contributed by atoms with Gasteiger partial charge in [-0.25, -0.2) is 4.90 Å². The van der Waals surface area contributed by atoms with Gasteiger partial charge in [0, 0.05) is 10.0 Å². The van der Waals surface area contributed by atoms with Crippen LogP contribution in [0.5, 0.6) is 0 Å². The fraction of sp³-hybridized carbons (Fsp3) is 0.412. The lowest BCUT2D eigenvalue weighted by Gasteiger charge is -2.27. The van der Waals surface area contributed by atoms with Crippen LogP contribution in [-0.2, 0) is 9.59 Å². The number of imide groups is 1. The Kier molecular flexibility index (Phi) is 3.31. The van der Waals surface area contributed by atoms with Crippen molar-refractivity contribution in [3.63, 3.8) is 0 Å². The number of rotatable bonds is 1. The van der Waals surface area contributed by atoms with Crippen molar-refractivity contribution in [2.24, 2.45) is 23.7 Å². The number of benzene rings is 1. The first kappa shape index (κ1) is 14.3. The SMILES string of the molecule is O=C1[C@@H]2[C@H](C(=O)N1c1cc(Cl)cc(Cl)c1)[C@@H]1C=C[C@H]2CCC1. The number of hydrogen-bond acceptors (Lipinski definition) is 2. The first-order valence-corrected chi connectivity index (χ1v) is 8.34. The van der Waals surface area contributed by atoms with E-state index in [1.165, 1.54) is 4.90 Å². The Morgan fingerprint density at radius 1 is 0.864 bits per heavy atom. The van der Waals surface area contributed by atoms with Crippen molar-refractivity contribution in [2.45, 2.75) is 19.3 Å². The van der Waals surface area contributed by atoms with Crippen LogP contribution >= 0.6 is 23.2 Å². The molecule has 5 heteroatoms. The Morgan fingerprint density at radius 2 is 1.36 bits per heavy atom. The summed E-state index contributed by atoms with van der Waals surface area (Å²) >= 11 is 12.1. The van der Waals surface area contributed by atoms with Gasteiger partial charge in [-0.2, -0.15) is 0 Å². The quantitative estimate of drug-likeness (QED) is 0.572. The lowest BCUT2D eigenvalue weighted by Crippen LogP contribution is -2.32. The Morgan fingerprint density at radius 3 is 1.86 bits per heavy atom. The summed E-state index contributed by atoms with van der Waals surface area (Å²) in [5.74, 6) is -0.283. The molecule has 0 unspecified atom stereocenters. The first-order valence-electron chi connectivity index (χ1n) is 7.58. The van der Waals surface area contributed by atoms with E-state index in [-0.39, 0.29) is 35.5 Å². The summed E-state index contributed by atoms with van der Waals surface area (Å²) < 4.78 is 0. The Balaban J connectivity index is 1.78. The predicted molar refractivity (Wildman–Crippen MR) is 85.9 cm³/mol. The highest BCUT2D eigenvalue weighted by Crippen LogP contribution is 2.49. The molecule has 2 amide bonds. The van der Waals surface area contributed by atoms with Gasteiger partial charge in [-0.15, -0.1) is 0 Å². The number of carbonyl (C=O) groups excluding carboxylic acids is 2. The maximum Gasteiger partial charge on any atom is 0.238 e. The molecule has 1 aromatic carbocycles. The molecule has 4 atom stereocenters. The summed E-state index contributed by atoms with van der Waals surface area (Å²) in [6.07, 6.45) is 7.32. The lowest BCUT2D eigenvalue weighted by atomic mass is 9.73. The van der Waals surface area contributed by atoms with Crippen molar-refractivity contribution in [1.82, 2.24) is 0 Å². The lowest BCUT2D eigenvalue weighted by molar-refractivity contribution is -0.122. The topological polar surface area (TPSA) is 37.4 Å². The Bertz CT molecular complexity index is 648. The van der Waals surface area contributed by atoms with Gasteiger partial charge in [-0.1, -0.05) is 41.8 Å². The second kappa shape index (κ2) is 5.10. The van der Waals surface area contributed by atoms with Gasteiger partial charge in [-0.05, 0) is 42.9 Å². The molecule has 1 aliphatic heterocycles. The highest BCUT2D eigenvalue weighted by Gasteiger charge is 2.55. The number of anilines is 1. The van der Waals surface area contributed by atoms with Crippen LogP contribution in [-0.4, -0.2) is 11.8 Å². The third kappa shape index (κ3) is 2.03. The van der Waals surface area contributed by atoms with Gasteiger partial charge in [0.1, 0.15) is 0 Å². The molecule has 0 radical (unpaired) electrons. The summed E-state index contributed by atoms with van der Waals surface area (Å²) in [6, 6.07) is 4.86. The number of carbonyl (C=O) groups is 2. The summed E-state index contributed by atoms with van der Waals surface area (Å²) in [5.41, 5.74) is 0.486. The largest absolute Gasteiger partial charge is 0.274 e. The molecule has 2 bridgehead atoms. The molecule has 2 fully saturated rings. The number of fused-ring (bicyclic) bond motifs is 2. The number of amides is 2. The van der Waals surface area contributed by atoms with E-state index in [2.05, 4.69) is 12.2 Å². The zero-order chi connectivity index (χ0) is 15.4. The van der Waals surface area contributed by atoms with E-state index in [4.69, 9.17) is 23.2 Å². The van der Waals surface area contributed by atoms with Crippen LogP contribution in [0.4, 0.5) is 5.69 Å². The maximum absolute atomic E-state index is 12.9. The molecule has 1 saturated carbocycles. The molecule has 5 rings (SSSR count). The second-order valence-electron chi connectivity index (χ2n) is 6.33. The molecular formula is C17H15Cl2NO2. The number of allylic oxidation sites excluding steroid dienone is 2. The highest BCUT2D eigenvalue weighted by molar-refractivity contribution is 6.35. The molecular weight excluding hydrogens is 321 g/mol. The van der Waals surface area contributed by atoms with Crippen molar-refractivity contribution in [3.8, 4) is 0 Å². The standard InChI is InChI=1S/C17H15Cl2NO2/c18-11-6-12(19)8-13(7-11)20-16(21)14-9-2-1-3-10(5-4-9)15(14)17(20)22/h4-10,14-15H,1-3H2/t9-,10+,14+,15-. The molecule has 0 spiro atoms.